The van der Waals surface area contributed by atoms with Gasteiger partial charge < -0.3 is 15.7 Å². The van der Waals surface area contributed by atoms with Crippen molar-refractivity contribution in [1.82, 2.24) is 15.5 Å². The molecule has 3 N–H and O–H groups in total. The van der Waals surface area contributed by atoms with Gasteiger partial charge in [-0.05, 0) is 41.0 Å². The highest BCUT2D eigenvalue weighted by Gasteiger charge is 2.13. The maximum atomic E-state index is 11.6. The largest absolute Gasteiger partial charge is 0.481 e. The molecule has 0 aliphatic rings. The molecular weight excluding hydrogens is 258 g/mol. The molecule has 118 valence electrons. The molecule has 1 unspecified atom stereocenters. The summed E-state index contributed by atoms with van der Waals surface area (Å²) < 4.78 is 0. The van der Waals surface area contributed by atoms with Crippen LogP contribution in [0.3, 0.4) is 0 Å². The van der Waals surface area contributed by atoms with E-state index >= 15 is 0 Å². The SMILES string of the molecule is CC(CCC(=O)O)NC(=O)NCCN(C(C)C)C(C)C. The maximum Gasteiger partial charge on any atom is 0.315 e. The predicted octanol–water partition coefficient (Wildman–Crippen LogP) is 1.66. The number of nitrogens with zero attached hydrogens (tertiary/aromatic N) is 1. The quantitative estimate of drug-likeness (QED) is 0.602. The first-order chi connectivity index (χ1) is 9.23. The maximum absolute atomic E-state index is 11.6. The number of nitrogens with one attached hydrogen (secondary N) is 2. The summed E-state index contributed by atoms with van der Waals surface area (Å²) in [6.45, 7) is 11.7. The third-order valence-electron chi connectivity index (χ3n) is 3.15. The van der Waals surface area contributed by atoms with Crippen molar-refractivity contribution in [2.75, 3.05) is 13.1 Å². The van der Waals surface area contributed by atoms with Gasteiger partial charge in [-0.3, -0.25) is 9.69 Å². The normalized spacial score (nSPS) is 12.8. The minimum absolute atomic E-state index is 0.0654. The molecule has 2 amide bonds. The smallest absolute Gasteiger partial charge is 0.315 e. The summed E-state index contributed by atoms with van der Waals surface area (Å²) >= 11 is 0. The molecule has 0 spiro atoms. The average molecular weight is 287 g/mol. The van der Waals surface area contributed by atoms with E-state index < -0.39 is 5.97 Å². The van der Waals surface area contributed by atoms with E-state index in [4.69, 9.17) is 5.11 Å². The minimum Gasteiger partial charge on any atom is -0.481 e. The van der Waals surface area contributed by atoms with Crippen molar-refractivity contribution in [2.45, 2.75) is 65.6 Å². The number of carboxylic acids is 1. The lowest BCUT2D eigenvalue weighted by atomic mass is 10.2. The fraction of sp³-hybridized carbons (Fsp3) is 0.857. The van der Waals surface area contributed by atoms with E-state index in [-0.39, 0.29) is 18.5 Å². The summed E-state index contributed by atoms with van der Waals surface area (Å²) in [4.78, 5) is 24.4. The molecule has 0 aliphatic carbocycles. The molecule has 6 nitrogen and oxygen atoms in total. The molecule has 6 heteroatoms. The predicted molar refractivity (Wildman–Crippen MR) is 79.8 cm³/mol. The van der Waals surface area contributed by atoms with E-state index in [9.17, 15) is 9.59 Å². The van der Waals surface area contributed by atoms with Gasteiger partial charge in [-0.25, -0.2) is 4.79 Å². The molecule has 0 bridgehead atoms. The van der Waals surface area contributed by atoms with Crippen molar-refractivity contribution in [3.05, 3.63) is 0 Å². The molecule has 0 aromatic carbocycles. The van der Waals surface area contributed by atoms with E-state index in [0.717, 1.165) is 6.54 Å². The van der Waals surface area contributed by atoms with Crippen LogP contribution >= 0.6 is 0 Å². The topological polar surface area (TPSA) is 81.7 Å². The standard InChI is InChI=1S/C14H29N3O3/c1-10(2)17(11(3)4)9-8-15-14(20)16-12(5)6-7-13(18)19/h10-12H,6-9H2,1-5H3,(H,18,19)(H2,15,16,20). The molecule has 1 atom stereocenters. The van der Waals surface area contributed by atoms with E-state index in [2.05, 4.69) is 43.2 Å². The number of carboxylic acid groups (broad SMARTS) is 1. The van der Waals surface area contributed by atoms with Gasteiger partial charge in [0.25, 0.3) is 0 Å². The molecule has 0 aromatic heterocycles. The first kappa shape index (κ1) is 18.7. The molecule has 0 saturated heterocycles. The number of aliphatic carboxylic acids is 1. The Bertz CT molecular complexity index is 298. The summed E-state index contributed by atoms with van der Waals surface area (Å²) in [5.41, 5.74) is 0. The van der Waals surface area contributed by atoms with Gasteiger partial charge in [0.05, 0.1) is 0 Å². The molecular formula is C14H29N3O3. The lowest BCUT2D eigenvalue weighted by Crippen LogP contribution is -2.46. The summed E-state index contributed by atoms with van der Waals surface area (Å²) in [5, 5.41) is 14.1. The van der Waals surface area contributed by atoms with Crippen LogP contribution < -0.4 is 10.6 Å². The van der Waals surface area contributed by atoms with Crippen molar-refractivity contribution in [1.29, 1.82) is 0 Å². The van der Waals surface area contributed by atoms with Crippen molar-refractivity contribution in [3.63, 3.8) is 0 Å². The fourth-order valence-corrected chi connectivity index (χ4v) is 2.10. The van der Waals surface area contributed by atoms with Crippen molar-refractivity contribution >= 4 is 12.0 Å². The molecule has 0 aromatic rings. The zero-order valence-corrected chi connectivity index (χ0v) is 13.3. The highest BCUT2D eigenvalue weighted by Crippen LogP contribution is 2.03. The van der Waals surface area contributed by atoms with Gasteiger partial charge in [-0.1, -0.05) is 0 Å². The van der Waals surface area contributed by atoms with Gasteiger partial charge in [0.2, 0.25) is 0 Å². The van der Waals surface area contributed by atoms with Gasteiger partial charge >= 0.3 is 12.0 Å². The molecule has 0 radical (unpaired) electrons. The van der Waals surface area contributed by atoms with Crippen molar-refractivity contribution in [2.24, 2.45) is 0 Å². The lowest BCUT2D eigenvalue weighted by Gasteiger charge is -2.30. The first-order valence-electron chi connectivity index (χ1n) is 7.26. The van der Waals surface area contributed by atoms with Gasteiger partial charge in [-0.2, -0.15) is 0 Å². The average Bonchev–Trinajstić information content (AvgIpc) is 2.31. The number of rotatable bonds is 9. The van der Waals surface area contributed by atoms with Crippen LogP contribution in [0.25, 0.3) is 0 Å². The Morgan fingerprint density at radius 3 is 2.10 bits per heavy atom. The molecule has 0 fully saturated rings. The highest BCUT2D eigenvalue weighted by atomic mass is 16.4. The number of hydrogen-bond donors (Lipinski definition) is 3. The number of urea groups is 1. The lowest BCUT2D eigenvalue weighted by molar-refractivity contribution is -0.137. The molecule has 0 aliphatic heterocycles. The van der Waals surface area contributed by atoms with Crippen LogP contribution in [-0.4, -0.2) is 53.2 Å². The Morgan fingerprint density at radius 1 is 1.10 bits per heavy atom. The first-order valence-corrected chi connectivity index (χ1v) is 7.26. The van der Waals surface area contributed by atoms with Gasteiger partial charge in [0.1, 0.15) is 0 Å². The Morgan fingerprint density at radius 2 is 1.65 bits per heavy atom. The molecule has 0 heterocycles. The monoisotopic (exact) mass is 287 g/mol. The van der Waals surface area contributed by atoms with E-state index in [0.29, 0.717) is 25.0 Å². The number of amides is 2. The Kier molecular flexibility index (Phi) is 8.96. The summed E-state index contributed by atoms with van der Waals surface area (Å²) in [7, 11) is 0. The molecule has 20 heavy (non-hydrogen) atoms. The van der Waals surface area contributed by atoms with Crippen LogP contribution in [0, 0.1) is 0 Å². The third-order valence-corrected chi connectivity index (χ3v) is 3.15. The Balaban J connectivity index is 3.90. The molecule has 0 saturated carbocycles. The van der Waals surface area contributed by atoms with Crippen LogP contribution in [-0.2, 0) is 4.79 Å². The third kappa shape index (κ3) is 8.74. The summed E-state index contributed by atoms with van der Waals surface area (Å²) in [5.74, 6) is -0.844. The highest BCUT2D eigenvalue weighted by molar-refractivity contribution is 5.74. The van der Waals surface area contributed by atoms with Crippen molar-refractivity contribution in [3.8, 4) is 0 Å². The zero-order valence-electron chi connectivity index (χ0n) is 13.3. The Labute approximate surface area is 121 Å². The van der Waals surface area contributed by atoms with Crippen LogP contribution in [0.5, 0.6) is 0 Å². The minimum atomic E-state index is -0.844. The summed E-state index contributed by atoms with van der Waals surface area (Å²) in [6.07, 6.45) is 0.503. The van der Waals surface area contributed by atoms with Gasteiger partial charge in [-0.15, -0.1) is 0 Å². The summed E-state index contributed by atoms with van der Waals surface area (Å²) in [6, 6.07) is 0.497. The van der Waals surface area contributed by atoms with Crippen LogP contribution in [0.1, 0.15) is 47.5 Å². The van der Waals surface area contributed by atoms with Crippen molar-refractivity contribution < 1.29 is 14.7 Å². The van der Waals surface area contributed by atoms with E-state index in [1.165, 1.54) is 0 Å². The number of carbonyl (C=O) groups excluding carboxylic acids is 1. The second-order valence-corrected chi connectivity index (χ2v) is 5.66. The second-order valence-electron chi connectivity index (χ2n) is 5.66. The zero-order chi connectivity index (χ0) is 15.7. The van der Waals surface area contributed by atoms with Gasteiger partial charge in [0, 0.05) is 37.6 Å². The van der Waals surface area contributed by atoms with E-state index in [1.54, 1.807) is 6.92 Å². The number of carbonyl (C=O) groups is 2. The second kappa shape index (κ2) is 9.58. The van der Waals surface area contributed by atoms with E-state index in [1.807, 2.05) is 0 Å². The van der Waals surface area contributed by atoms with Crippen LogP contribution in [0.2, 0.25) is 0 Å². The fourth-order valence-electron chi connectivity index (χ4n) is 2.10. The number of hydrogen-bond acceptors (Lipinski definition) is 3. The van der Waals surface area contributed by atoms with Crippen LogP contribution in [0.4, 0.5) is 4.79 Å². The van der Waals surface area contributed by atoms with Gasteiger partial charge in [0.15, 0.2) is 0 Å². The Hall–Kier alpha value is -1.30. The van der Waals surface area contributed by atoms with Crippen LogP contribution in [0.15, 0.2) is 0 Å². The molecule has 0 rings (SSSR count).